The van der Waals surface area contributed by atoms with Crippen LogP contribution in [0.5, 0.6) is 0 Å². The van der Waals surface area contributed by atoms with E-state index in [1.807, 2.05) is 0 Å². The van der Waals surface area contributed by atoms with Gasteiger partial charge in [0.2, 0.25) is 0 Å². The monoisotopic (exact) mass is 308 g/mol. The molecule has 0 saturated heterocycles. The molecule has 1 aromatic carbocycles. The summed E-state index contributed by atoms with van der Waals surface area (Å²) in [7, 11) is 0. The maximum absolute atomic E-state index is 13.1. The lowest BCUT2D eigenvalue weighted by Crippen LogP contribution is -1.88. The summed E-state index contributed by atoms with van der Waals surface area (Å²) in [4.78, 5) is 0. The van der Waals surface area contributed by atoms with Gasteiger partial charge in [0, 0.05) is 5.56 Å². The van der Waals surface area contributed by atoms with Crippen molar-refractivity contribution in [2.45, 2.75) is 0 Å². The summed E-state index contributed by atoms with van der Waals surface area (Å²) in [6.07, 6.45) is 1.30. The van der Waals surface area contributed by atoms with Gasteiger partial charge in [0.05, 0.1) is 16.2 Å². The molecule has 0 aliphatic rings. The Bertz CT molecular complexity index is 720. The summed E-state index contributed by atoms with van der Waals surface area (Å²) in [6, 6.07) is 9.02. The SMILES string of the molecule is Fc1ccc(-c2nn3cc(F)ccc3c2Br)cc1. The molecule has 0 amide bonds. The molecule has 0 aliphatic heterocycles. The lowest BCUT2D eigenvalue weighted by molar-refractivity contribution is 0.615. The second-order valence-corrected chi connectivity index (χ2v) is 4.64. The van der Waals surface area contributed by atoms with Crippen LogP contribution in [0.4, 0.5) is 8.78 Å². The first-order valence-electron chi connectivity index (χ1n) is 5.24. The topological polar surface area (TPSA) is 17.3 Å². The molecule has 0 bridgehead atoms. The molecule has 3 aromatic rings. The van der Waals surface area contributed by atoms with Gasteiger partial charge in [-0.15, -0.1) is 0 Å². The summed E-state index contributed by atoms with van der Waals surface area (Å²) >= 11 is 3.43. The molecule has 90 valence electrons. The third-order valence-electron chi connectivity index (χ3n) is 2.65. The number of fused-ring (bicyclic) bond motifs is 1. The number of benzene rings is 1. The van der Waals surface area contributed by atoms with Crippen molar-refractivity contribution in [3.8, 4) is 11.3 Å². The number of pyridine rings is 1. The van der Waals surface area contributed by atoms with Crippen LogP contribution in [-0.4, -0.2) is 9.61 Å². The van der Waals surface area contributed by atoms with Crippen LogP contribution in [0, 0.1) is 11.6 Å². The van der Waals surface area contributed by atoms with Gasteiger partial charge in [-0.2, -0.15) is 5.10 Å². The Balaban J connectivity index is 2.23. The van der Waals surface area contributed by atoms with E-state index in [4.69, 9.17) is 0 Å². The summed E-state index contributed by atoms with van der Waals surface area (Å²) in [6.45, 7) is 0. The Labute approximate surface area is 110 Å². The fourth-order valence-electron chi connectivity index (χ4n) is 1.79. The number of rotatable bonds is 1. The Morgan fingerprint density at radius 1 is 0.944 bits per heavy atom. The normalized spacial score (nSPS) is 11.1. The number of hydrogen-bond donors (Lipinski definition) is 0. The second-order valence-electron chi connectivity index (χ2n) is 3.85. The highest BCUT2D eigenvalue weighted by molar-refractivity contribution is 9.10. The van der Waals surface area contributed by atoms with Crippen LogP contribution < -0.4 is 0 Å². The number of hydrogen-bond acceptors (Lipinski definition) is 1. The van der Waals surface area contributed by atoms with E-state index in [-0.39, 0.29) is 11.6 Å². The van der Waals surface area contributed by atoms with Crippen LogP contribution in [0.1, 0.15) is 0 Å². The van der Waals surface area contributed by atoms with Crippen LogP contribution in [0.15, 0.2) is 47.1 Å². The molecule has 0 radical (unpaired) electrons. The van der Waals surface area contributed by atoms with Gasteiger partial charge in [-0.25, -0.2) is 13.3 Å². The standard InChI is InChI=1S/C13H7BrF2N2/c14-12-11-6-5-10(16)7-18(11)17-13(12)8-1-3-9(15)4-2-8/h1-7H. The van der Waals surface area contributed by atoms with Gasteiger partial charge in [0.25, 0.3) is 0 Å². The number of nitrogens with zero attached hydrogens (tertiary/aromatic N) is 2. The fourth-order valence-corrected chi connectivity index (χ4v) is 2.41. The third kappa shape index (κ3) is 1.80. The molecule has 0 fully saturated rings. The third-order valence-corrected chi connectivity index (χ3v) is 3.43. The Hall–Kier alpha value is -1.75. The highest BCUT2D eigenvalue weighted by Gasteiger charge is 2.12. The molecule has 2 aromatic heterocycles. The van der Waals surface area contributed by atoms with Crippen LogP contribution in [0.3, 0.4) is 0 Å². The maximum Gasteiger partial charge on any atom is 0.141 e. The molecular formula is C13H7BrF2N2. The minimum atomic E-state index is -0.358. The lowest BCUT2D eigenvalue weighted by Gasteiger charge is -1.96. The van der Waals surface area contributed by atoms with Gasteiger partial charge in [-0.05, 0) is 52.3 Å². The van der Waals surface area contributed by atoms with Crippen LogP contribution in [0.2, 0.25) is 0 Å². The van der Waals surface area contributed by atoms with E-state index in [2.05, 4.69) is 21.0 Å². The molecule has 0 N–H and O–H groups in total. The molecular weight excluding hydrogens is 302 g/mol. The van der Waals surface area contributed by atoms with E-state index in [1.54, 1.807) is 18.2 Å². The van der Waals surface area contributed by atoms with Crippen molar-refractivity contribution in [1.29, 1.82) is 0 Å². The zero-order valence-corrected chi connectivity index (χ0v) is 10.7. The minimum Gasteiger partial charge on any atom is -0.236 e. The van der Waals surface area contributed by atoms with E-state index in [0.29, 0.717) is 5.69 Å². The van der Waals surface area contributed by atoms with Crippen molar-refractivity contribution in [2.24, 2.45) is 0 Å². The van der Waals surface area contributed by atoms with E-state index in [9.17, 15) is 8.78 Å². The largest absolute Gasteiger partial charge is 0.236 e. The maximum atomic E-state index is 13.1. The Morgan fingerprint density at radius 2 is 1.61 bits per heavy atom. The van der Waals surface area contributed by atoms with Gasteiger partial charge in [0.15, 0.2) is 0 Å². The summed E-state index contributed by atoms with van der Waals surface area (Å²) in [5.41, 5.74) is 2.18. The molecule has 2 heterocycles. The van der Waals surface area contributed by atoms with Crippen LogP contribution in [-0.2, 0) is 0 Å². The van der Waals surface area contributed by atoms with Crippen molar-refractivity contribution in [3.05, 3.63) is 58.7 Å². The first-order valence-corrected chi connectivity index (χ1v) is 6.04. The average molecular weight is 309 g/mol. The van der Waals surface area contributed by atoms with E-state index in [0.717, 1.165) is 15.6 Å². The smallest absolute Gasteiger partial charge is 0.141 e. The Kier molecular flexibility index (Phi) is 2.63. The van der Waals surface area contributed by atoms with Gasteiger partial charge in [-0.1, -0.05) is 0 Å². The first kappa shape index (κ1) is 11.3. The summed E-state index contributed by atoms with van der Waals surface area (Å²) < 4.78 is 28.2. The molecule has 3 rings (SSSR count). The van der Waals surface area contributed by atoms with Crippen molar-refractivity contribution in [2.75, 3.05) is 0 Å². The second kappa shape index (κ2) is 4.17. The minimum absolute atomic E-state index is 0.301. The predicted octanol–water partition coefficient (Wildman–Crippen LogP) is 4.04. The predicted molar refractivity (Wildman–Crippen MR) is 68.2 cm³/mol. The molecule has 0 saturated carbocycles. The van der Waals surface area contributed by atoms with Gasteiger partial charge in [-0.3, -0.25) is 0 Å². The molecule has 18 heavy (non-hydrogen) atoms. The van der Waals surface area contributed by atoms with E-state index in [1.165, 1.54) is 28.9 Å². The van der Waals surface area contributed by atoms with Gasteiger partial charge < -0.3 is 0 Å². The average Bonchev–Trinajstić information content (AvgIpc) is 2.67. The highest BCUT2D eigenvalue weighted by Crippen LogP contribution is 2.31. The molecule has 0 unspecified atom stereocenters. The Morgan fingerprint density at radius 3 is 2.33 bits per heavy atom. The first-order chi connectivity index (χ1) is 8.65. The van der Waals surface area contributed by atoms with Gasteiger partial charge >= 0.3 is 0 Å². The quantitative estimate of drug-likeness (QED) is 0.663. The zero-order chi connectivity index (χ0) is 12.7. The lowest BCUT2D eigenvalue weighted by atomic mass is 10.1. The van der Waals surface area contributed by atoms with Crippen molar-refractivity contribution in [3.63, 3.8) is 0 Å². The molecule has 0 aliphatic carbocycles. The van der Waals surface area contributed by atoms with E-state index >= 15 is 0 Å². The fraction of sp³-hybridized carbons (Fsp3) is 0. The summed E-state index contributed by atoms with van der Waals surface area (Å²) in [5.74, 6) is -0.659. The number of halogens is 3. The zero-order valence-electron chi connectivity index (χ0n) is 9.07. The highest BCUT2D eigenvalue weighted by atomic mass is 79.9. The molecule has 5 heteroatoms. The molecule has 0 atom stereocenters. The summed E-state index contributed by atoms with van der Waals surface area (Å²) in [5, 5.41) is 4.28. The molecule has 2 nitrogen and oxygen atoms in total. The van der Waals surface area contributed by atoms with Crippen molar-refractivity contribution >= 4 is 21.4 Å². The van der Waals surface area contributed by atoms with E-state index < -0.39 is 0 Å². The number of aromatic nitrogens is 2. The van der Waals surface area contributed by atoms with Crippen molar-refractivity contribution in [1.82, 2.24) is 9.61 Å². The van der Waals surface area contributed by atoms with Crippen LogP contribution in [0.25, 0.3) is 16.8 Å². The van der Waals surface area contributed by atoms with Crippen molar-refractivity contribution < 1.29 is 8.78 Å². The van der Waals surface area contributed by atoms with Gasteiger partial charge in [0.1, 0.15) is 17.3 Å². The van der Waals surface area contributed by atoms with Crippen LogP contribution >= 0.6 is 15.9 Å². The molecule has 0 spiro atoms.